The Morgan fingerprint density at radius 3 is 2.53 bits per heavy atom. The van der Waals surface area contributed by atoms with Gasteiger partial charge in [-0.1, -0.05) is 0 Å². The number of hydrazine groups is 1. The third-order valence-corrected chi connectivity index (χ3v) is 3.13. The van der Waals surface area contributed by atoms with Crippen LogP contribution in [-0.4, -0.2) is 39.6 Å². The van der Waals surface area contributed by atoms with Crippen LogP contribution >= 0.6 is 0 Å². The lowest BCUT2D eigenvalue weighted by molar-refractivity contribution is -0.131. The zero-order valence-corrected chi connectivity index (χ0v) is 9.20. The van der Waals surface area contributed by atoms with Crippen LogP contribution in [0.15, 0.2) is 0 Å². The molecule has 2 aliphatic rings. The highest BCUT2D eigenvalue weighted by atomic mass is 16.2. The molecule has 15 heavy (non-hydrogen) atoms. The molecule has 0 aromatic carbocycles. The summed E-state index contributed by atoms with van der Waals surface area (Å²) in [5.41, 5.74) is -1.03. The van der Waals surface area contributed by atoms with Crippen molar-refractivity contribution in [3.8, 4) is 0 Å². The Balaban J connectivity index is 2.39. The second-order valence-corrected chi connectivity index (χ2v) is 5.06. The molecule has 0 aromatic heterocycles. The van der Waals surface area contributed by atoms with Crippen molar-refractivity contribution in [1.29, 1.82) is 0 Å². The van der Waals surface area contributed by atoms with Gasteiger partial charge in [0, 0.05) is 12.0 Å². The summed E-state index contributed by atoms with van der Waals surface area (Å²) in [6.45, 7) is 5.72. The second kappa shape index (κ2) is 2.63. The fraction of sp³-hybridized carbons (Fsp3) is 0.778. The van der Waals surface area contributed by atoms with Crippen LogP contribution in [0.25, 0.3) is 0 Å². The van der Waals surface area contributed by atoms with Crippen molar-refractivity contribution in [3.05, 3.63) is 0 Å². The predicted molar refractivity (Wildman–Crippen MR) is 53.4 cm³/mol. The Kier molecular flexibility index (Phi) is 1.79. The smallest absolute Gasteiger partial charge is 0.320 e. The Hall–Kier alpha value is -1.30. The van der Waals surface area contributed by atoms with Gasteiger partial charge >= 0.3 is 6.03 Å². The molecule has 3 N–H and O–H groups in total. The molecule has 2 rings (SSSR count). The van der Waals surface area contributed by atoms with Crippen molar-refractivity contribution in [2.75, 3.05) is 6.54 Å². The fourth-order valence-corrected chi connectivity index (χ4v) is 2.49. The first kappa shape index (κ1) is 10.2. The van der Waals surface area contributed by atoms with E-state index in [1.54, 1.807) is 0 Å². The molecular weight excluding hydrogens is 196 g/mol. The van der Waals surface area contributed by atoms with Gasteiger partial charge in [-0.15, -0.1) is 0 Å². The maximum Gasteiger partial charge on any atom is 0.320 e. The monoisotopic (exact) mass is 212 g/mol. The van der Waals surface area contributed by atoms with E-state index in [1.807, 2.05) is 20.8 Å². The van der Waals surface area contributed by atoms with Gasteiger partial charge in [0.25, 0.3) is 5.91 Å². The SMILES string of the molecule is CC1(C)CC2(C)N(N)C(=O)CN2C(=O)N1. The first-order chi connectivity index (χ1) is 6.76. The number of hydrogen-bond donors (Lipinski definition) is 2. The summed E-state index contributed by atoms with van der Waals surface area (Å²) >= 11 is 0. The van der Waals surface area contributed by atoms with E-state index < -0.39 is 5.66 Å². The number of nitrogens with zero attached hydrogens (tertiary/aromatic N) is 2. The Morgan fingerprint density at radius 2 is 1.93 bits per heavy atom. The highest BCUT2D eigenvalue weighted by Crippen LogP contribution is 2.36. The third kappa shape index (κ3) is 1.28. The van der Waals surface area contributed by atoms with Crippen LogP contribution in [0.5, 0.6) is 0 Å². The van der Waals surface area contributed by atoms with E-state index in [4.69, 9.17) is 5.84 Å². The van der Waals surface area contributed by atoms with Crippen molar-refractivity contribution < 1.29 is 9.59 Å². The van der Waals surface area contributed by atoms with Crippen molar-refractivity contribution in [2.24, 2.45) is 5.84 Å². The molecule has 2 fully saturated rings. The van der Waals surface area contributed by atoms with Crippen LogP contribution in [0.4, 0.5) is 4.79 Å². The minimum Gasteiger partial charge on any atom is -0.333 e. The molecule has 2 heterocycles. The molecule has 2 saturated heterocycles. The van der Waals surface area contributed by atoms with Gasteiger partial charge in [0.15, 0.2) is 0 Å². The van der Waals surface area contributed by atoms with Gasteiger partial charge in [0.2, 0.25) is 0 Å². The highest BCUT2D eigenvalue weighted by Gasteiger charge is 2.55. The Morgan fingerprint density at radius 1 is 1.33 bits per heavy atom. The molecular formula is C9H16N4O2. The maximum atomic E-state index is 11.8. The van der Waals surface area contributed by atoms with Gasteiger partial charge in [-0.3, -0.25) is 14.7 Å². The van der Waals surface area contributed by atoms with E-state index in [0.29, 0.717) is 6.42 Å². The first-order valence-corrected chi connectivity index (χ1v) is 4.94. The van der Waals surface area contributed by atoms with Gasteiger partial charge in [-0.05, 0) is 20.8 Å². The molecule has 1 unspecified atom stereocenters. The summed E-state index contributed by atoms with van der Waals surface area (Å²) in [4.78, 5) is 24.7. The number of amides is 3. The number of nitrogens with one attached hydrogen (secondary N) is 1. The molecule has 0 aromatic rings. The molecule has 3 amide bonds. The summed E-state index contributed by atoms with van der Waals surface area (Å²) in [5.74, 6) is 5.50. The van der Waals surface area contributed by atoms with E-state index in [9.17, 15) is 9.59 Å². The normalized spacial score (nSPS) is 34.1. The van der Waals surface area contributed by atoms with E-state index >= 15 is 0 Å². The zero-order valence-electron chi connectivity index (χ0n) is 9.20. The number of rotatable bonds is 0. The number of urea groups is 1. The van der Waals surface area contributed by atoms with Gasteiger partial charge in [0.1, 0.15) is 12.2 Å². The van der Waals surface area contributed by atoms with Crippen molar-refractivity contribution in [3.63, 3.8) is 0 Å². The molecule has 2 aliphatic heterocycles. The lowest BCUT2D eigenvalue weighted by Gasteiger charge is -2.48. The van der Waals surface area contributed by atoms with Gasteiger partial charge in [-0.25, -0.2) is 10.6 Å². The van der Waals surface area contributed by atoms with Gasteiger partial charge in [0.05, 0.1) is 0 Å². The summed E-state index contributed by atoms with van der Waals surface area (Å²) in [7, 11) is 0. The first-order valence-electron chi connectivity index (χ1n) is 4.94. The molecule has 0 saturated carbocycles. The Labute approximate surface area is 88.3 Å². The summed E-state index contributed by atoms with van der Waals surface area (Å²) in [6, 6.07) is -0.227. The number of fused-ring (bicyclic) bond motifs is 1. The second-order valence-electron chi connectivity index (χ2n) is 5.06. The van der Waals surface area contributed by atoms with Crippen LogP contribution in [-0.2, 0) is 4.79 Å². The van der Waals surface area contributed by atoms with Gasteiger partial charge in [-0.2, -0.15) is 0 Å². The largest absolute Gasteiger partial charge is 0.333 e. The molecule has 0 spiro atoms. The van der Waals surface area contributed by atoms with E-state index in [1.165, 1.54) is 9.91 Å². The molecule has 0 bridgehead atoms. The van der Waals surface area contributed by atoms with Crippen LogP contribution in [0.2, 0.25) is 0 Å². The summed E-state index contributed by atoms with van der Waals surface area (Å²) in [5, 5.41) is 4.02. The molecule has 1 atom stereocenters. The molecule has 6 heteroatoms. The van der Waals surface area contributed by atoms with Crippen molar-refractivity contribution in [1.82, 2.24) is 15.2 Å². The average Bonchev–Trinajstić information content (AvgIpc) is 2.27. The minimum atomic E-state index is -0.692. The van der Waals surface area contributed by atoms with Crippen LogP contribution in [0.3, 0.4) is 0 Å². The molecule has 0 radical (unpaired) electrons. The molecule has 6 nitrogen and oxygen atoms in total. The lowest BCUT2D eigenvalue weighted by Crippen LogP contribution is -2.68. The number of carbonyl (C=O) groups excluding carboxylic acids is 2. The van der Waals surface area contributed by atoms with Gasteiger partial charge < -0.3 is 5.32 Å². The lowest BCUT2D eigenvalue weighted by atomic mass is 9.88. The van der Waals surface area contributed by atoms with Crippen molar-refractivity contribution >= 4 is 11.9 Å². The van der Waals surface area contributed by atoms with Crippen LogP contribution < -0.4 is 11.2 Å². The summed E-state index contributed by atoms with van der Waals surface area (Å²) < 4.78 is 0. The van der Waals surface area contributed by atoms with E-state index in [2.05, 4.69) is 5.32 Å². The zero-order chi connectivity index (χ0) is 11.4. The number of hydrogen-bond acceptors (Lipinski definition) is 3. The van der Waals surface area contributed by atoms with Crippen molar-refractivity contribution in [2.45, 2.75) is 38.4 Å². The standard InChI is InChI=1S/C9H16N4O2/c1-8(2)5-9(3)12(7(15)11-8)4-6(14)13(9)10/h4-5,10H2,1-3H3,(H,11,15). The van der Waals surface area contributed by atoms with E-state index in [0.717, 1.165) is 0 Å². The quantitative estimate of drug-likeness (QED) is 0.424. The third-order valence-electron chi connectivity index (χ3n) is 3.13. The van der Waals surface area contributed by atoms with E-state index in [-0.39, 0.29) is 24.0 Å². The minimum absolute atomic E-state index is 0.0644. The fourth-order valence-electron chi connectivity index (χ4n) is 2.49. The molecule has 84 valence electrons. The average molecular weight is 212 g/mol. The topological polar surface area (TPSA) is 78.7 Å². The highest BCUT2D eigenvalue weighted by molar-refractivity contribution is 5.89. The Bertz CT molecular complexity index is 341. The van der Waals surface area contributed by atoms with Crippen LogP contribution in [0, 0.1) is 0 Å². The maximum absolute atomic E-state index is 11.8. The summed E-state index contributed by atoms with van der Waals surface area (Å²) in [6.07, 6.45) is 0.619. The predicted octanol–water partition coefficient (Wildman–Crippen LogP) is -0.388. The molecule has 0 aliphatic carbocycles. The number of carbonyl (C=O) groups is 2. The van der Waals surface area contributed by atoms with Crippen LogP contribution in [0.1, 0.15) is 27.2 Å². The number of nitrogens with two attached hydrogens (primary N) is 1.